The van der Waals surface area contributed by atoms with Gasteiger partial charge in [-0.3, -0.25) is 4.99 Å². The first kappa shape index (κ1) is 18.2. The minimum absolute atomic E-state index is 0.113. The van der Waals surface area contributed by atoms with E-state index in [1.807, 2.05) is 7.05 Å². The predicted molar refractivity (Wildman–Crippen MR) is 103 cm³/mol. The fraction of sp³-hybridized carbons (Fsp3) is 0.650. The maximum Gasteiger partial charge on any atom is 0.193 e. The van der Waals surface area contributed by atoms with Crippen LogP contribution in [0.5, 0.6) is 0 Å². The highest BCUT2D eigenvalue weighted by Gasteiger charge is 2.33. The van der Waals surface area contributed by atoms with E-state index in [-0.39, 0.29) is 6.10 Å². The maximum absolute atomic E-state index is 6.05. The van der Waals surface area contributed by atoms with E-state index < -0.39 is 0 Å². The lowest BCUT2D eigenvalue weighted by Crippen LogP contribution is -2.51. The van der Waals surface area contributed by atoms with Crippen molar-refractivity contribution in [1.29, 1.82) is 0 Å². The SMILES string of the molecule is CN=C(NCC(C1CC1)N(C)C)N1CCOC(c2ccccc2C)C1. The van der Waals surface area contributed by atoms with Gasteiger partial charge >= 0.3 is 0 Å². The standard InChI is InChI=1S/C20H32N4O/c1-15-7-5-6-8-17(15)19-14-24(11-12-25-19)20(21-2)22-13-18(23(3)4)16-9-10-16/h5-8,16,18-19H,9-14H2,1-4H3,(H,21,22). The number of morpholine rings is 1. The highest BCUT2D eigenvalue weighted by atomic mass is 16.5. The monoisotopic (exact) mass is 344 g/mol. The first-order chi connectivity index (χ1) is 12.1. The Kier molecular flexibility index (Phi) is 5.97. The lowest BCUT2D eigenvalue weighted by atomic mass is 10.0. The number of hydrogen-bond acceptors (Lipinski definition) is 3. The summed E-state index contributed by atoms with van der Waals surface area (Å²) in [5.41, 5.74) is 2.57. The third-order valence-corrected chi connectivity index (χ3v) is 5.41. The Morgan fingerprint density at radius 1 is 1.36 bits per heavy atom. The van der Waals surface area contributed by atoms with Crippen molar-refractivity contribution in [3.8, 4) is 0 Å². The average molecular weight is 345 g/mol. The van der Waals surface area contributed by atoms with Crippen molar-refractivity contribution in [1.82, 2.24) is 15.1 Å². The second-order valence-corrected chi connectivity index (χ2v) is 7.46. The summed E-state index contributed by atoms with van der Waals surface area (Å²) >= 11 is 0. The topological polar surface area (TPSA) is 40.1 Å². The number of ether oxygens (including phenoxy) is 1. The fourth-order valence-electron chi connectivity index (χ4n) is 3.76. The van der Waals surface area contributed by atoms with Crippen LogP contribution in [0.25, 0.3) is 0 Å². The van der Waals surface area contributed by atoms with Gasteiger partial charge in [-0.1, -0.05) is 24.3 Å². The molecule has 0 amide bonds. The molecule has 5 heteroatoms. The number of aliphatic imine (C=N–C) groups is 1. The Labute approximate surface area is 152 Å². The molecule has 0 spiro atoms. The van der Waals surface area contributed by atoms with Crippen LogP contribution in [-0.2, 0) is 4.74 Å². The molecular formula is C20H32N4O. The van der Waals surface area contributed by atoms with Gasteiger partial charge in [0.05, 0.1) is 13.2 Å². The van der Waals surface area contributed by atoms with Crippen molar-refractivity contribution >= 4 is 5.96 Å². The summed E-state index contributed by atoms with van der Waals surface area (Å²) in [5, 5.41) is 3.61. The van der Waals surface area contributed by atoms with Crippen LogP contribution >= 0.6 is 0 Å². The van der Waals surface area contributed by atoms with E-state index in [9.17, 15) is 0 Å². The third-order valence-electron chi connectivity index (χ3n) is 5.41. The zero-order chi connectivity index (χ0) is 17.8. The van der Waals surface area contributed by atoms with Gasteiger partial charge in [-0.25, -0.2) is 0 Å². The number of guanidine groups is 1. The molecule has 25 heavy (non-hydrogen) atoms. The van der Waals surface area contributed by atoms with Gasteiger partial charge in [0.2, 0.25) is 0 Å². The Morgan fingerprint density at radius 2 is 2.12 bits per heavy atom. The molecule has 1 heterocycles. The molecule has 0 aromatic heterocycles. The molecule has 138 valence electrons. The summed E-state index contributed by atoms with van der Waals surface area (Å²) < 4.78 is 6.05. The lowest BCUT2D eigenvalue weighted by molar-refractivity contribution is -0.00841. The van der Waals surface area contributed by atoms with Crippen LogP contribution in [0, 0.1) is 12.8 Å². The summed E-state index contributed by atoms with van der Waals surface area (Å²) in [6.07, 6.45) is 2.83. The van der Waals surface area contributed by atoms with E-state index >= 15 is 0 Å². The van der Waals surface area contributed by atoms with E-state index in [0.717, 1.165) is 38.1 Å². The Balaban J connectivity index is 1.62. The molecule has 0 bridgehead atoms. The maximum atomic E-state index is 6.05. The zero-order valence-electron chi connectivity index (χ0n) is 16.0. The highest BCUT2D eigenvalue weighted by molar-refractivity contribution is 5.80. The molecule has 1 aromatic rings. The molecule has 2 fully saturated rings. The Morgan fingerprint density at radius 3 is 2.76 bits per heavy atom. The molecule has 2 atom stereocenters. The summed E-state index contributed by atoms with van der Waals surface area (Å²) in [5.74, 6) is 1.83. The number of aryl methyl sites for hydroxylation is 1. The number of nitrogens with zero attached hydrogens (tertiary/aromatic N) is 3. The van der Waals surface area contributed by atoms with Gasteiger partial charge in [0.25, 0.3) is 0 Å². The molecule has 1 saturated carbocycles. The minimum Gasteiger partial charge on any atom is -0.370 e. The van der Waals surface area contributed by atoms with Crippen molar-refractivity contribution < 1.29 is 4.74 Å². The number of rotatable bonds is 5. The van der Waals surface area contributed by atoms with E-state index in [1.165, 1.54) is 24.0 Å². The molecule has 3 rings (SSSR count). The molecule has 1 N–H and O–H groups in total. The molecule has 1 saturated heterocycles. The van der Waals surface area contributed by atoms with Crippen molar-refractivity contribution in [2.24, 2.45) is 10.9 Å². The second kappa shape index (κ2) is 8.19. The van der Waals surface area contributed by atoms with Crippen LogP contribution in [-0.4, -0.2) is 69.2 Å². The molecular weight excluding hydrogens is 312 g/mol. The van der Waals surface area contributed by atoms with Gasteiger partial charge < -0.3 is 19.9 Å². The highest BCUT2D eigenvalue weighted by Crippen LogP contribution is 2.34. The van der Waals surface area contributed by atoms with E-state index in [4.69, 9.17) is 4.74 Å². The van der Waals surface area contributed by atoms with E-state index in [2.05, 4.69) is 65.4 Å². The number of likely N-dealkylation sites (N-methyl/N-ethyl adjacent to an activating group) is 1. The largest absolute Gasteiger partial charge is 0.370 e. The molecule has 2 aliphatic rings. The lowest BCUT2D eigenvalue weighted by Gasteiger charge is -2.36. The first-order valence-electron chi connectivity index (χ1n) is 9.39. The second-order valence-electron chi connectivity index (χ2n) is 7.46. The van der Waals surface area contributed by atoms with Gasteiger partial charge in [0, 0.05) is 26.2 Å². The summed E-state index contributed by atoms with van der Waals surface area (Å²) in [6, 6.07) is 9.09. The van der Waals surface area contributed by atoms with Crippen molar-refractivity contribution in [2.75, 3.05) is 47.4 Å². The number of hydrogen-bond donors (Lipinski definition) is 1. The van der Waals surface area contributed by atoms with Crippen molar-refractivity contribution in [2.45, 2.75) is 31.9 Å². The van der Waals surface area contributed by atoms with Gasteiger partial charge in [-0.15, -0.1) is 0 Å². The van der Waals surface area contributed by atoms with Crippen LogP contribution in [0.3, 0.4) is 0 Å². The van der Waals surface area contributed by atoms with Crippen LogP contribution in [0.4, 0.5) is 0 Å². The van der Waals surface area contributed by atoms with E-state index in [1.54, 1.807) is 0 Å². The van der Waals surface area contributed by atoms with Gasteiger partial charge in [-0.2, -0.15) is 0 Å². The van der Waals surface area contributed by atoms with E-state index in [0.29, 0.717) is 6.04 Å². The molecule has 0 radical (unpaired) electrons. The Bertz CT molecular complexity index is 595. The minimum atomic E-state index is 0.113. The summed E-state index contributed by atoms with van der Waals surface area (Å²) in [7, 11) is 6.23. The van der Waals surface area contributed by atoms with Crippen molar-refractivity contribution in [3.05, 3.63) is 35.4 Å². The number of benzene rings is 1. The molecule has 1 aromatic carbocycles. The van der Waals surface area contributed by atoms with Crippen LogP contribution in [0.15, 0.2) is 29.3 Å². The molecule has 5 nitrogen and oxygen atoms in total. The van der Waals surface area contributed by atoms with Gasteiger partial charge in [0.1, 0.15) is 6.10 Å². The first-order valence-corrected chi connectivity index (χ1v) is 9.39. The molecule has 2 unspecified atom stereocenters. The van der Waals surface area contributed by atoms with Crippen LogP contribution in [0.1, 0.15) is 30.1 Å². The van der Waals surface area contributed by atoms with Gasteiger partial charge in [-0.05, 0) is 50.9 Å². The quantitative estimate of drug-likeness (QED) is 0.657. The normalized spacial score (nSPS) is 23.0. The fourth-order valence-corrected chi connectivity index (χ4v) is 3.76. The number of nitrogens with one attached hydrogen (secondary N) is 1. The smallest absolute Gasteiger partial charge is 0.193 e. The van der Waals surface area contributed by atoms with Crippen LogP contribution in [0.2, 0.25) is 0 Å². The van der Waals surface area contributed by atoms with Gasteiger partial charge in [0.15, 0.2) is 5.96 Å². The van der Waals surface area contributed by atoms with Crippen LogP contribution < -0.4 is 5.32 Å². The average Bonchev–Trinajstić information content (AvgIpc) is 3.44. The molecule has 1 aliphatic heterocycles. The summed E-state index contributed by atoms with van der Waals surface area (Å²) in [6.45, 7) is 5.58. The summed E-state index contributed by atoms with van der Waals surface area (Å²) in [4.78, 5) is 9.20. The zero-order valence-corrected chi connectivity index (χ0v) is 16.0. The third kappa shape index (κ3) is 4.53. The van der Waals surface area contributed by atoms with Crippen molar-refractivity contribution in [3.63, 3.8) is 0 Å². The molecule has 1 aliphatic carbocycles. The Hall–Kier alpha value is -1.59. The predicted octanol–water partition coefficient (Wildman–Crippen LogP) is 2.28.